The molecule has 2 aromatic heterocycles. The van der Waals surface area contributed by atoms with E-state index >= 15 is 0 Å². The first-order valence-electron chi connectivity index (χ1n) is 6.58. The van der Waals surface area contributed by atoms with E-state index in [9.17, 15) is 0 Å². The normalized spacial score (nSPS) is 12.6. The largest absolute Gasteiger partial charge is 0.340 e. The number of hydrogen-bond acceptors (Lipinski definition) is 4. The minimum atomic E-state index is -0.245. The van der Waals surface area contributed by atoms with Crippen LogP contribution in [-0.2, 0) is 7.05 Å². The summed E-state index contributed by atoms with van der Waals surface area (Å²) in [5.74, 6) is 0.983. The molecular formula is C15H15BrN4O. The fourth-order valence-corrected chi connectivity index (χ4v) is 2.68. The highest BCUT2D eigenvalue weighted by Gasteiger charge is 2.17. The van der Waals surface area contributed by atoms with E-state index in [0.717, 1.165) is 21.4 Å². The van der Waals surface area contributed by atoms with Crippen LogP contribution in [-0.4, -0.2) is 14.7 Å². The minimum Gasteiger partial charge on any atom is -0.340 e. The third-order valence-electron chi connectivity index (χ3n) is 3.34. The summed E-state index contributed by atoms with van der Waals surface area (Å²) < 4.78 is 8.37. The molecule has 6 heteroatoms. The molecule has 0 amide bonds. The average Bonchev–Trinajstić information content (AvgIpc) is 3.06. The molecule has 0 aliphatic heterocycles. The van der Waals surface area contributed by atoms with Crippen molar-refractivity contribution < 1.29 is 4.52 Å². The fraction of sp³-hybridized carbons (Fsp3) is 0.200. The molecule has 0 fully saturated rings. The quantitative estimate of drug-likeness (QED) is 0.787. The molecule has 2 heterocycles. The van der Waals surface area contributed by atoms with E-state index in [4.69, 9.17) is 10.3 Å². The van der Waals surface area contributed by atoms with Crippen molar-refractivity contribution in [2.75, 3.05) is 0 Å². The maximum absolute atomic E-state index is 5.76. The van der Waals surface area contributed by atoms with Crippen LogP contribution in [0, 0.1) is 0 Å². The number of halogens is 1. The number of nitrogens with zero attached hydrogens (tertiary/aromatic N) is 3. The molecule has 0 radical (unpaired) electrons. The highest BCUT2D eigenvalue weighted by molar-refractivity contribution is 9.10. The van der Waals surface area contributed by atoms with Gasteiger partial charge in [0, 0.05) is 22.8 Å². The second kappa shape index (κ2) is 5.46. The summed E-state index contributed by atoms with van der Waals surface area (Å²) in [5, 5.41) is 3.90. The van der Waals surface area contributed by atoms with Crippen molar-refractivity contribution in [3.8, 4) is 22.8 Å². The molecule has 1 unspecified atom stereocenters. The standard InChI is InChI=1S/C15H15BrN4O/c1-9(17)14-18-15(21-19-14)13-8-7-12(20(13)2)10-5-3-4-6-11(10)16/h3-9H,17H2,1-2H3. The second-order valence-electron chi connectivity index (χ2n) is 4.89. The van der Waals surface area contributed by atoms with Crippen molar-refractivity contribution in [3.05, 3.63) is 46.7 Å². The Kier molecular flexibility index (Phi) is 3.65. The van der Waals surface area contributed by atoms with Crippen LogP contribution in [0.2, 0.25) is 0 Å². The van der Waals surface area contributed by atoms with E-state index in [1.165, 1.54) is 0 Å². The number of nitrogens with two attached hydrogens (primary N) is 1. The van der Waals surface area contributed by atoms with Crippen LogP contribution in [0.5, 0.6) is 0 Å². The van der Waals surface area contributed by atoms with Gasteiger partial charge in [0.15, 0.2) is 5.82 Å². The van der Waals surface area contributed by atoms with E-state index < -0.39 is 0 Å². The van der Waals surface area contributed by atoms with Crippen LogP contribution in [0.3, 0.4) is 0 Å². The third kappa shape index (κ3) is 2.52. The van der Waals surface area contributed by atoms with Gasteiger partial charge in [-0.15, -0.1) is 0 Å². The van der Waals surface area contributed by atoms with E-state index in [0.29, 0.717) is 11.7 Å². The Balaban J connectivity index is 2.05. The van der Waals surface area contributed by atoms with Crippen molar-refractivity contribution in [2.24, 2.45) is 12.8 Å². The van der Waals surface area contributed by atoms with Gasteiger partial charge in [0.25, 0.3) is 5.89 Å². The van der Waals surface area contributed by atoms with Gasteiger partial charge < -0.3 is 14.8 Å². The zero-order valence-corrected chi connectivity index (χ0v) is 13.3. The van der Waals surface area contributed by atoms with E-state index in [2.05, 4.69) is 32.1 Å². The summed E-state index contributed by atoms with van der Waals surface area (Å²) in [5.41, 5.74) is 8.80. The first-order valence-corrected chi connectivity index (χ1v) is 7.37. The molecule has 1 atom stereocenters. The maximum atomic E-state index is 5.76. The highest BCUT2D eigenvalue weighted by Crippen LogP contribution is 2.31. The predicted molar refractivity (Wildman–Crippen MR) is 84.4 cm³/mol. The van der Waals surface area contributed by atoms with Gasteiger partial charge in [-0.05, 0) is 25.1 Å². The summed E-state index contributed by atoms with van der Waals surface area (Å²) in [4.78, 5) is 4.33. The second-order valence-corrected chi connectivity index (χ2v) is 5.74. The predicted octanol–water partition coefficient (Wildman–Crippen LogP) is 3.52. The molecular weight excluding hydrogens is 332 g/mol. The first kappa shape index (κ1) is 14.0. The summed E-state index contributed by atoms with van der Waals surface area (Å²) in [6.07, 6.45) is 0. The van der Waals surface area contributed by atoms with E-state index in [1.54, 1.807) is 0 Å². The van der Waals surface area contributed by atoms with Crippen LogP contribution < -0.4 is 5.73 Å². The molecule has 108 valence electrons. The van der Waals surface area contributed by atoms with Crippen LogP contribution in [0.1, 0.15) is 18.8 Å². The smallest absolute Gasteiger partial charge is 0.274 e. The minimum absolute atomic E-state index is 0.245. The summed E-state index contributed by atoms with van der Waals surface area (Å²) in [6.45, 7) is 1.83. The van der Waals surface area contributed by atoms with Gasteiger partial charge in [-0.3, -0.25) is 0 Å². The zero-order valence-electron chi connectivity index (χ0n) is 11.7. The van der Waals surface area contributed by atoms with Crippen molar-refractivity contribution in [1.29, 1.82) is 0 Å². The summed E-state index contributed by atoms with van der Waals surface area (Å²) in [6, 6.07) is 11.8. The number of rotatable bonds is 3. The lowest BCUT2D eigenvalue weighted by molar-refractivity contribution is 0.416. The lowest BCUT2D eigenvalue weighted by Gasteiger charge is -2.07. The molecule has 5 nitrogen and oxygen atoms in total. The molecule has 3 aromatic rings. The Labute approximate surface area is 130 Å². The van der Waals surface area contributed by atoms with Gasteiger partial charge in [-0.1, -0.05) is 39.3 Å². The Bertz CT molecular complexity index is 776. The molecule has 0 saturated heterocycles. The monoisotopic (exact) mass is 346 g/mol. The Hall–Kier alpha value is -1.92. The molecule has 1 aromatic carbocycles. The molecule has 2 N–H and O–H groups in total. The Morgan fingerprint density at radius 1 is 1.19 bits per heavy atom. The van der Waals surface area contributed by atoms with E-state index in [1.807, 2.05) is 48.9 Å². The number of benzene rings is 1. The molecule has 0 spiro atoms. The number of aromatic nitrogens is 3. The SMILES string of the molecule is CC(N)c1noc(-c2ccc(-c3ccccc3Br)n2C)n1. The van der Waals surface area contributed by atoms with Gasteiger partial charge in [0.1, 0.15) is 5.69 Å². The van der Waals surface area contributed by atoms with Crippen LogP contribution >= 0.6 is 15.9 Å². The number of hydrogen-bond donors (Lipinski definition) is 1. The molecule has 0 aliphatic carbocycles. The van der Waals surface area contributed by atoms with Gasteiger partial charge in [-0.2, -0.15) is 4.98 Å². The fourth-order valence-electron chi connectivity index (χ4n) is 2.19. The molecule has 0 saturated carbocycles. The van der Waals surface area contributed by atoms with Gasteiger partial charge in [-0.25, -0.2) is 0 Å². The average molecular weight is 347 g/mol. The Morgan fingerprint density at radius 3 is 2.57 bits per heavy atom. The van der Waals surface area contributed by atoms with Crippen LogP contribution in [0.25, 0.3) is 22.8 Å². The van der Waals surface area contributed by atoms with Gasteiger partial charge >= 0.3 is 0 Å². The molecule has 21 heavy (non-hydrogen) atoms. The van der Waals surface area contributed by atoms with Crippen molar-refractivity contribution in [3.63, 3.8) is 0 Å². The highest BCUT2D eigenvalue weighted by atomic mass is 79.9. The van der Waals surface area contributed by atoms with E-state index in [-0.39, 0.29) is 6.04 Å². The Morgan fingerprint density at radius 2 is 1.90 bits per heavy atom. The topological polar surface area (TPSA) is 69.9 Å². The van der Waals surface area contributed by atoms with Gasteiger partial charge in [0.2, 0.25) is 0 Å². The molecule has 0 aliphatic rings. The maximum Gasteiger partial charge on any atom is 0.274 e. The summed E-state index contributed by atoms with van der Waals surface area (Å²) >= 11 is 3.57. The summed E-state index contributed by atoms with van der Waals surface area (Å²) in [7, 11) is 1.97. The molecule has 0 bridgehead atoms. The zero-order chi connectivity index (χ0) is 15.0. The van der Waals surface area contributed by atoms with Crippen LogP contribution in [0.15, 0.2) is 45.4 Å². The van der Waals surface area contributed by atoms with Crippen molar-refractivity contribution in [1.82, 2.24) is 14.7 Å². The lowest BCUT2D eigenvalue weighted by atomic mass is 10.1. The van der Waals surface area contributed by atoms with Crippen molar-refractivity contribution in [2.45, 2.75) is 13.0 Å². The third-order valence-corrected chi connectivity index (χ3v) is 4.03. The van der Waals surface area contributed by atoms with Gasteiger partial charge in [0.05, 0.1) is 6.04 Å². The lowest BCUT2D eigenvalue weighted by Crippen LogP contribution is -2.06. The first-order chi connectivity index (χ1) is 10.1. The van der Waals surface area contributed by atoms with Crippen molar-refractivity contribution >= 4 is 15.9 Å². The molecule has 3 rings (SSSR count). The van der Waals surface area contributed by atoms with Crippen LogP contribution in [0.4, 0.5) is 0 Å².